The largest absolute Gasteiger partial charge is 0.393 e. The van der Waals surface area contributed by atoms with Crippen LogP contribution in [0.2, 0.25) is 0 Å². The molecule has 0 saturated heterocycles. The van der Waals surface area contributed by atoms with Gasteiger partial charge in [0.15, 0.2) is 0 Å². The summed E-state index contributed by atoms with van der Waals surface area (Å²) in [6.45, 7) is 0. The summed E-state index contributed by atoms with van der Waals surface area (Å²) in [6, 6.07) is -0.121. The lowest BCUT2D eigenvalue weighted by Crippen LogP contribution is -2.70. The van der Waals surface area contributed by atoms with E-state index < -0.39 is 95.3 Å². The van der Waals surface area contributed by atoms with Crippen LogP contribution in [0.25, 0.3) is 0 Å². The standard InChI is InChI=1S/C20H8F24N2O2/c21-7(22)11(25,26)15(33,34)19(41,42)17(37,38)13(29,30)9(47)45-5-2-1-3-6(4-5)46-10(48)14(31,32)18(39,40)20(43,44)16(35,36)12(27,28)8(23)24/h1-4,7-8H,(H,45,47)(H,46,48). The van der Waals surface area contributed by atoms with Gasteiger partial charge in [0.05, 0.1) is 0 Å². The van der Waals surface area contributed by atoms with Crippen LogP contribution in [0.1, 0.15) is 0 Å². The van der Waals surface area contributed by atoms with E-state index in [0.717, 1.165) is 0 Å². The van der Waals surface area contributed by atoms with E-state index in [0.29, 0.717) is 10.6 Å². The first-order valence-electron chi connectivity index (χ1n) is 11.0. The molecule has 2 N–H and O–H groups in total. The second-order valence-corrected chi connectivity index (χ2v) is 8.93. The molecule has 0 aliphatic rings. The molecule has 4 nitrogen and oxygen atoms in total. The monoisotopic (exact) mass is 764 g/mol. The molecule has 0 fully saturated rings. The molecule has 0 radical (unpaired) electrons. The Morgan fingerprint density at radius 3 is 0.917 bits per heavy atom. The van der Waals surface area contributed by atoms with Crippen LogP contribution in [-0.4, -0.2) is 83.9 Å². The summed E-state index contributed by atoms with van der Waals surface area (Å²) < 4.78 is 318. The highest BCUT2D eigenvalue weighted by Gasteiger charge is 2.90. The number of benzene rings is 1. The molecular weight excluding hydrogens is 756 g/mol. The van der Waals surface area contributed by atoms with Crippen molar-refractivity contribution in [3.05, 3.63) is 24.3 Å². The minimum atomic E-state index is -8.20. The molecule has 0 saturated carbocycles. The molecule has 278 valence electrons. The summed E-state index contributed by atoms with van der Waals surface area (Å²) in [5.41, 5.74) is -3.44. The molecule has 1 aromatic carbocycles. The molecule has 0 spiro atoms. The minimum absolute atomic E-state index is 0.0628. The molecule has 0 atom stereocenters. The Morgan fingerprint density at radius 1 is 0.438 bits per heavy atom. The lowest BCUT2D eigenvalue weighted by molar-refractivity contribution is -0.406. The van der Waals surface area contributed by atoms with Crippen LogP contribution in [0.15, 0.2) is 24.3 Å². The number of rotatable bonds is 14. The number of alkyl halides is 24. The Kier molecular flexibility index (Phi) is 10.7. The maximum absolute atomic E-state index is 13.9. The number of hydrogen-bond donors (Lipinski definition) is 2. The number of nitrogens with one attached hydrogen (secondary N) is 2. The van der Waals surface area contributed by atoms with Crippen molar-refractivity contribution in [2.75, 3.05) is 10.6 Å². The van der Waals surface area contributed by atoms with Gasteiger partial charge >= 0.3 is 83.9 Å². The summed E-state index contributed by atoms with van der Waals surface area (Å²) >= 11 is 0. The van der Waals surface area contributed by atoms with Crippen molar-refractivity contribution >= 4 is 23.2 Å². The highest BCUT2D eigenvalue weighted by Crippen LogP contribution is 2.59. The topological polar surface area (TPSA) is 58.2 Å². The molecule has 1 rings (SSSR count). The van der Waals surface area contributed by atoms with Crippen molar-refractivity contribution < 1.29 is 115 Å². The smallest absolute Gasteiger partial charge is 0.321 e. The molecule has 0 heterocycles. The molecule has 28 heteroatoms. The molecular formula is C20H8F24N2O2. The minimum Gasteiger partial charge on any atom is -0.321 e. The molecule has 0 aliphatic carbocycles. The van der Waals surface area contributed by atoms with Gasteiger partial charge in [-0.3, -0.25) is 9.59 Å². The molecule has 0 aromatic heterocycles. The predicted octanol–water partition coefficient (Wildman–Crippen LogP) is 8.45. The first kappa shape index (κ1) is 42.5. The number of anilines is 2. The van der Waals surface area contributed by atoms with Crippen LogP contribution in [0.4, 0.5) is 117 Å². The van der Waals surface area contributed by atoms with Gasteiger partial charge in [0, 0.05) is 11.4 Å². The van der Waals surface area contributed by atoms with E-state index in [1.165, 1.54) is 0 Å². The zero-order valence-corrected chi connectivity index (χ0v) is 21.4. The predicted molar refractivity (Wildman–Crippen MR) is 105 cm³/mol. The van der Waals surface area contributed by atoms with Gasteiger partial charge in [0.25, 0.3) is 0 Å². The fourth-order valence-corrected chi connectivity index (χ4v) is 2.86. The zero-order valence-electron chi connectivity index (χ0n) is 21.4. The van der Waals surface area contributed by atoms with Crippen LogP contribution < -0.4 is 10.6 Å². The van der Waals surface area contributed by atoms with E-state index in [9.17, 15) is 115 Å². The summed E-state index contributed by atoms with van der Waals surface area (Å²) in [5.74, 6) is -86.0. The van der Waals surface area contributed by atoms with E-state index in [1.807, 2.05) is 0 Å². The van der Waals surface area contributed by atoms with Gasteiger partial charge in [0.1, 0.15) is 0 Å². The second-order valence-electron chi connectivity index (χ2n) is 8.93. The van der Waals surface area contributed by atoms with E-state index in [4.69, 9.17) is 0 Å². The summed E-state index contributed by atoms with van der Waals surface area (Å²) in [4.78, 5) is 23.1. The number of halogens is 24. The third-order valence-electron chi connectivity index (χ3n) is 5.70. The highest BCUT2D eigenvalue weighted by molar-refractivity contribution is 5.99. The SMILES string of the molecule is O=C(Nc1cccc(NC(=O)C(F)(F)C(F)(F)C(F)(F)C(F)(F)C(F)(F)C(F)F)c1)C(F)(F)C(F)(F)C(F)(F)C(F)(F)C(F)(F)C(F)F. The molecule has 0 aliphatic heterocycles. The molecule has 0 bridgehead atoms. The van der Waals surface area contributed by atoms with Crippen molar-refractivity contribution in [2.24, 2.45) is 0 Å². The second kappa shape index (κ2) is 12.1. The van der Waals surface area contributed by atoms with Gasteiger partial charge in [-0.15, -0.1) is 0 Å². The van der Waals surface area contributed by atoms with E-state index in [1.54, 1.807) is 0 Å². The third-order valence-corrected chi connectivity index (χ3v) is 5.70. The Balaban J connectivity index is 3.42. The summed E-state index contributed by atoms with van der Waals surface area (Å²) in [6.07, 6.45) is -11.8. The van der Waals surface area contributed by atoms with Crippen molar-refractivity contribution in [3.8, 4) is 0 Å². The van der Waals surface area contributed by atoms with Crippen molar-refractivity contribution in [1.29, 1.82) is 0 Å². The maximum atomic E-state index is 13.9. The number of carbonyl (C=O) groups excluding carboxylic acids is 2. The Morgan fingerprint density at radius 2 is 0.688 bits per heavy atom. The van der Waals surface area contributed by atoms with Gasteiger partial charge < -0.3 is 10.6 Å². The molecule has 0 unspecified atom stereocenters. The lowest BCUT2D eigenvalue weighted by Gasteiger charge is -2.38. The van der Waals surface area contributed by atoms with Crippen LogP contribution in [-0.2, 0) is 9.59 Å². The number of hydrogen-bond acceptors (Lipinski definition) is 2. The fraction of sp³-hybridized carbons (Fsp3) is 0.600. The third kappa shape index (κ3) is 5.99. The van der Waals surface area contributed by atoms with Gasteiger partial charge in [-0.25, -0.2) is 17.6 Å². The van der Waals surface area contributed by atoms with Gasteiger partial charge in [-0.1, -0.05) is 6.07 Å². The van der Waals surface area contributed by atoms with Crippen LogP contribution in [0.3, 0.4) is 0 Å². The van der Waals surface area contributed by atoms with Gasteiger partial charge in [0.2, 0.25) is 0 Å². The van der Waals surface area contributed by atoms with Crippen molar-refractivity contribution in [2.45, 2.75) is 72.1 Å². The lowest BCUT2D eigenvalue weighted by atomic mass is 9.94. The number of amides is 2. The molecule has 2 amide bonds. The average Bonchev–Trinajstić information content (AvgIpc) is 2.91. The molecule has 48 heavy (non-hydrogen) atoms. The maximum Gasteiger partial charge on any atom is 0.393 e. The summed E-state index contributed by atoms with van der Waals surface area (Å²) in [5, 5.41) is 0.768. The first-order valence-corrected chi connectivity index (χ1v) is 11.0. The van der Waals surface area contributed by atoms with E-state index in [-0.39, 0.29) is 24.3 Å². The van der Waals surface area contributed by atoms with Gasteiger partial charge in [-0.05, 0) is 18.2 Å². The van der Waals surface area contributed by atoms with E-state index >= 15 is 0 Å². The van der Waals surface area contributed by atoms with Crippen molar-refractivity contribution in [1.82, 2.24) is 0 Å². The van der Waals surface area contributed by atoms with E-state index in [2.05, 4.69) is 0 Å². The normalized spacial score (nSPS) is 15.2. The average molecular weight is 764 g/mol. The van der Waals surface area contributed by atoms with Crippen LogP contribution in [0, 0.1) is 0 Å². The van der Waals surface area contributed by atoms with Gasteiger partial charge in [-0.2, -0.15) is 87.8 Å². The Bertz CT molecular complexity index is 1260. The molecule has 1 aromatic rings. The first-order chi connectivity index (χ1) is 20.9. The number of carbonyl (C=O) groups is 2. The highest BCUT2D eigenvalue weighted by atomic mass is 19.4. The van der Waals surface area contributed by atoms with Crippen LogP contribution in [0.5, 0.6) is 0 Å². The Labute approximate surface area is 246 Å². The Hall–Kier alpha value is -3.52. The zero-order chi connectivity index (χ0) is 38.7. The summed E-state index contributed by atoms with van der Waals surface area (Å²) in [7, 11) is 0. The quantitative estimate of drug-likeness (QED) is 0.187. The van der Waals surface area contributed by atoms with Crippen molar-refractivity contribution in [3.63, 3.8) is 0 Å². The van der Waals surface area contributed by atoms with Crippen LogP contribution >= 0.6 is 0 Å². The fourth-order valence-electron chi connectivity index (χ4n) is 2.86.